The van der Waals surface area contributed by atoms with E-state index in [9.17, 15) is 14.0 Å². The van der Waals surface area contributed by atoms with Gasteiger partial charge in [-0.1, -0.05) is 25.4 Å². The van der Waals surface area contributed by atoms with Gasteiger partial charge < -0.3 is 4.74 Å². The molecule has 2 rings (SSSR count). The Morgan fingerprint density at radius 3 is 2.78 bits per heavy atom. The summed E-state index contributed by atoms with van der Waals surface area (Å²) in [6, 6.07) is 1.13. The van der Waals surface area contributed by atoms with E-state index in [1.54, 1.807) is 6.92 Å². The second-order valence-electron chi connectivity index (χ2n) is 4.42. The Balaban J connectivity index is 2.45. The Hall–Kier alpha value is -1.14. The summed E-state index contributed by atoms with van der Waals surface area (Å²) < 4.78 is 20.9. The average molecular weight is 277 g/mol. The third kappa shape index (κ3) is 1.99. The van der Waals surface area contributed by atoms with Crippen LogP contribution in [-0.2, 0) is 4.74 Å². The molecule has 0 aliphatic carbocycles. The minimum absolute atomic E-state index is 0.365. The summed E-state index contributed by atoms with van der Waals surface area (Å²) in [4.78, 5) is 24.6. The first-order chi connectivity index (χ1) is 8.37. The number of hydrogen-bond acceptors (Lipinski definition) is 3. The normalized spacial score (nSPS) is 35.9. The largest absolute Gasteiger partial charge is 0.349 e. The number of H-pyrrole nitrogens is 1. The lowest BCUT2D eigenvalue weighted by Crippen LogP contribution is -2.38. The molecule has 0 bridgehead atoms. The quantitative estimate of drug-likeness (QED) is 0.830. The van der Waals surface area contributed by atoms with E-state index in [-0.39, 0.29) is 6.10 Å². The number of hydrogen-bond donors (Lipinski definition) is 1. The smallest absolute Gasteiger partial charge is 0.330 e. The average Bonchev–Trinajstić information content (AvgIpc) is 2.52. The molecule has 1 aliphatic rings. The van der Waals surface area contributed by atoms with Crippen LogP contribution in [0.2, 0.25) is 0 Å². The van der Waals surface area contributed by atoms with Crippen LogP contribution in [-0.4, -0.2) is 20.8 Å². The topological polar surface area (TPSA) is 64.1 Å². The molecule has 5 nitrogen and oxygen atoms in total. The van der Waals surface area contributed by atoms with Gasteiger partial charge in [0.15, 0.2) is 6.23 Å². The molecule has 2 heterocycles. The van der Waals surface area contributed by atoms with Gasteiger partial charge in [0.2, 0.25) is 5.13 Å². The molecule has 1 N–H and O–H groups in total. The van der Waals surface area contributed by atoms with Gasteiger partial charge in [-0.15, -0.1) is 0 Å². The first-order valence-electron chi connectivity index (χ1n) is 5.72. The zero-order valence-electron chi connectivity index (χ0n) is 10.0. The highest BCUT2D eigenvalue weighted by Gasteiger charge is 2.55. The lowest BCUT2D eigenvalue weighted by molar-refractivity contribution is -0.0322. The molecular weight excluding hydrogens is 263 g/mol. The van der Waals surface area contributed by atoms with Gasteiger partial charge in [-0.05, 0) is 6.42 Å². The van der Waals surface area contributed by atoms with Crippen molar-refractivity contribution in [3.8, 4) is 0 Å². The second kappa shape index (κ2) is 4.51. The van der Waals surface area contributed by atoms with Crippen LogP contribution in [0.15, 0.2) is 21.9 Å². The summed E-state index contributed by atoms with van der Waals surface area (Å²) in [6.07, 6.45) is 0.182. The van der Waals surface area contributed by atoms with E-state index in [4.69, 9.17) is 16.3 Å². The fourth-order valence-corrected chi connectivity index (χ4v) is 2.46. The Bertz CT molecular complexity index is 554. The minimum atomic E-state index is -2.18. The van der Waals surface area contributed by atoms with E-state index in [1.165, 1.54) is 6.20 Å². The third-order valence-electron chi connectivity index (χ3n) is 3.30. The van der Waals surface area contributed by atoms with E-state index < -0.39 is 28.5 Å². The number of nitrogens with one attached hydrogen (secondary N) is 1. The number of alkyl halides is 2. The highest BCUT2D eigenvalue weighted by atomic mass is 35.5. The molecule has 4 atom stereocenters. The van der Waals surface area contributed by atoms with Crippen molar-refractivity contribution in [2.24, 2.45) is 5.92 Å². The van der Waals surface area contributed by atoms with Crippen molar-refractivity contribution in [2.75, 3.05) is 0 Å². The standard InChI is InChI=1S/C11H14ClFN2O3/c1-3-7-6(2)11(12,13)9(18-7)15-5-4-8(16)14-10(15)17/h4-7,9H,3H2,1-2H3,(H,14,16,17)/t6-,7+,9?,11?/m0/s1. The molecule has 1 aromatic rings. The van der Waals surface area contributed by atoms with E-state index in [1.807, 2.05) is 11.9 Å². The third-order valence-corrected chi connectivity index (χ3v) is 3.83. The maximum Gasteiger partial charge on any atom is 0.330 e. The molecule has 100 valence electrons. The monoisotopic (exact) mass is 276 g/mol. The Kier molecular flexibility index (Phi) is 3.33. The van der Waals surface area contributed by atoms with E-state index >= 15 is 0 Å². The Morgan fingerprint density at radius 1 is 1.61 bits per heavy atom. The number of aromatic amines is 1. The summed E-state index contributed by atoms with van der Waals surface area (Å²) in [5, 5.41) is -2.18. The summed E-state index contributed by atoms with van der Waals surface area (Å²) in [6.45, 7) is 3.49. The number of nitrogens with zero attached hydrogens (tertiary/aromatic N) is 1. The van der Waals surface area contributed by atoms with Gasteiger partial charge >= 0.3 is 5.69 Å². The van der Waals surface area contributed by atoms with Gasteiger partial charge in [-0.25, -0.2) is 9.18 Å². The van der Waals surface area contributed by atoms with Gasteiger partial charge in [0.05, 0.1) is 6.10 Å². The van der Waals surface area contributed by atoms with E-state index in [0.29, 0.717) is 6.42 Å². The van der Waals surface area contributed by atoms with Crippen LogP contribution in [0.1, 0.15) is 26.5 Å². The fraction of sp³-hybridized carbons (Fsp3) is 0.636. The fourth-order valence-electron chi connectivity index (χ4n) is 2.16. The van der Waals surface area contributed by atoms with Crippen LogP contribution < -0.4 is 11.2 Å². The van der Waals surface area contributed by atoms with Gasteiger partial charge in [0.1, 0.15) is 0 Å². The molecule has 2 unspecified atom stereocenters. The minimum Gasteiger partial charge on any atom is -0.349 e. The van der Waals surface area contributed by atoms with Crippen molar-refractivity contribution in [3.63, 3.8) is 0 Å². The number of rotatable bonds is 2. The number of ether oxygens (including phenoxy) is 1. The van der Waals surface area contributed by atoms with Gasteiger partial charge in [-0.2, -0.15) is 0 Å². The van der Waals surface area contributed by atoms with Gasteiger partial charge in [0.25, 0.3) is 5.56 Å². The zero-order valence-corrected chi connectivity index (χ0v) is 10.8. The number of halogens is 2. The van der Waals surface area contributed by atoms with Crippen LogP contribution in [0, 0.1) is 5.92 Å². The van der Waals surface area contributed by atoms with Gasteiger partial charge in [0, 0.05) is 18.2 Å². The summed E-state index contributed by atoms with van der Waals surface area (Å²) in [5.74, 6) is -0.548. The molecule has 1 fully saturated rings. The Morgan fingerprint density at radius 2 is 2.28 bits per heavy atom. The first-order valence-corrected chi connectivity index (χ1v) is 6.10. The van der Waals surface area contributed by atoms with E-state index in [0.717, 1.165) is 10.6 Å². The number of aromatic nitrogens is 2. The van der Waals surface area contributed by atoms with Crippen molar-refractivity contribution in [1.29, 1.82) is 0 Å². The summed E-state index contributed by atoms with van der Waals surface area (Å²) >= 11 is 5.86. The molecule has 18 heavy (non-hydrogen) atoms. The van der Waals surface area contributed by atoms with Crippen molar-refractivity contribution in [1.82, 2.24) is 9.55 Å². The Labute approximate surface area is 108 Å². The molecule has 0 radical (unpaired) electrons. The van der Waals surface area contributed by atoms with Crippen molar-refractivity contribution in [2.45, 2.75) is 37.7 Å². The van der Waals surface area contributed by atoms with Crippen molar-refractivity contribution in [3.05, 3.63) is 33.1 Å². The molecule has 7 heteroatoms. The molecule has 0 amide bonds. The lowest BCUT2D eigenvalue weighted by Gasteiger charge is -2.23. The molecule has 1 aliphatic heterocycles. The zero-order chi connectivity index (χ0) is 13.5. The van der Waals surface area contributed by atoms with Crippen LogP contribution in [0.3, 0.4) is 0 Å². The van der Waals surface area contributed by atoms with Crippen LogP contribution in [0.5, 0.6) is 0 Å². The molecule has 0 spiro atoms. The van der Waals surface area contributed by atoms with Crippen LogP contribution in [0.25, 0.3) is 0 Å². The predicted molar refractivity (Wildman–Crippen MR) is 64.4 cm³/mol. The highest BCUT2D eigenvalue weighted by Crippen LogP contribution is 2.48. The highest BCUT2D eigenvalue weighted by molar-refractivity contribution is 6.23. The lowest BCUT2D eigenvalue weighted by atomic mass is 9.99. The molecule has 1 saturated heterocycles. The van der Waals surface area contributed by atoms with Gasteiger partial charge in [-0.3, -0.25) is 14.3 Å². The maximum atomic E-state index is 14.5. The predicted octanol–water partition coefficient (Wildman–Crippen LogP) is 1.38. The van der Waals surface area contributed by atoms with Crippen LogP contribution >= 0.6 is 11.6 Å². The van der Waals surface area contributed by atoms with Crippen molar-refractivity contribution < 1.29 is 9.13 Å². The van der Waals surface area contributed by atoms with E-state index in [2.05, 4.69) is 0 Å². The summed E-state index contributed by atoms with van der Waals surface area (Å²) in [7, 11) is 0. The van der Waals surface area contributed by atoms with Crippen molar-refractivity contribution >= 4 is 11.6 Å². The SMILES string of the molecule is CC[C@H]1OC(n2ccc(=O)[nH]c2=O)C(F)(Cl)[C@H]1C. The van der Waals surface area contributed by atoms with Crippen LogP contribution in [0.4, 0.5) is 4.39 Å². The summed E-state index contributed by atoms with van der Waals surface area (Å²) in [5.41, 5.74) is -1.28. The molecular formula is C11H14ClFN2O3. The molecule has 0 aromatic carbocycles. The maximum absolute atomic E-state index is 14.5. The first kappa shape index (κ1) is 13.3. The second-order valence-corrected chi connectivity index (χ2v) is 5.00. The molecule has 0 saturated carbocycles. The molecule has 1 aromatic heterocycles.